The number of benzene rings is 1. The molecule has 1 aliphatic heterocycles. The fourth-order valence-electron chi connectivity index (χ4n) is 1.83. The number of nitrogens with zero attached hydrogens (tertiary/aromatic N) is 1. The van der Waals surface area contributed by atoms with E-state index in [1.165, 1.54) is 0 Å². The summed E-state index contributed by atoms with van der Waals surface area (Å²) in [6, 6.07) is 7.20. The van der Waals surface area contributed by atoms with Crippen molar-refractivity contribution in [2.24, 2.45) is 0 Å². The van der Waals surface area contributed by atoms with E-state index in [1.54, 1.807) is 18.2 Å². The highest BCUT2D eigenvalue weighted by Gasteiger charge is 2.18. The lowest BCUT2D eigenvalue weighted by Gasteiger charge is -2.05. The molecule has 0 aromatic heterocycles. The van der Waals surface area contributed by atoms with Crippen molar-refractivity contribution in [2.45, 2.75) is 19.3 Å². The van der Waals surface area contributed by atoms with E-state index in [1.807, 2.05) is 6.07 Å². The van der Waals surface area contributed by atoms with Gasteiger partial charge in [-0.3, -0.25) is 9.59 Å². The molecule has 0 aliphatic carbocycles. The smallest absolute Gasteiger partial charge is 0.251 e. The number of rotatable bonds is 4. The lowest BCUT2D eigenvalue weighted by Crippen LogP contribution is -2.24. The van der Waals surface area contributed by atoms with Gasteiger partial charge in [0, 0.05) is 24.2 Å². The second-order valence-electron chi connectivity index (χ2n) is 4.11. The van der Waals surface area contributed by atoms with Gasteiger partial charge in [0.25, 0.3) is 5.91 Å². The number of nitriles is 1. The van der Waals surface area contributed by atoms with Crippen LogP contribution in [0.4, 0.5) is 5.69 Å². The Kier molecular flexibility index (Phi) is 3.58. The fourth-order valence-corrected chi connectivity index (χ4v) is 1.83. The average Bonchev–Trinajstić information content (AvgIpc) is 2.73. The van der Waals surface area contributed by atoms with Gasteiger partial charge < -0.3 is 10.6 Å². The van der Waals surface area contributed by atoms with E-state index in [0.29, 0.717) is 37.1 Å². The van der Waals surface area contributed by atoms with Gasteiger partial charge in [0.1, 0.15) is 0 Å². The number of amides is 2. The van der Waals surface area contributed by atoms with Gasteiger partial charge in [0.05, 0.1) is 12.5 Å². The quantitative estimate of drug-likeness (QED) is 0.780. The van der Waals surface area contributed by atoms with Crippen molar-refractivity contribution in [3.8, 4) is 6.07 Å². The summed E-state index contributed by atoms with van der Waals surface area (Å²) in [7, 11) is 0. The van der Waals surface area contributed by atoms with Crippen LogP contribution in [0.25, 0.3) is 0 Å². The molecule has 1 aromatic rings. The van der Waals surface area contributed by atoms with Crippen molar-refractivity contribution in [2.75, 3.05) is 11.9 Å². The molecule has 2 rings (SSSR count). The number of hydrogen-bond acceptors (Lipinski definition) is 3. The van der Waals surface area contributed by atoms with Crippen molar-refractivity contribution >= 4 is 17.5 Å². The van der Waals surface area contributed by atoms with Crippen LogP contribution in [0.1, 0.15) is 28.8 Å². The fraction of sp³-hybridized carbons (Fsp3) is 0.308. The molecule has 0 bridgehead atoms. The molecule has 0 saturated heterocycles. The first-order valence-corrected chi connectivity index (χ1v) is 5.78. The zero-order valence-electron chi connectivity index (χ0n) is 9.82. The molecule has 2 amide bonds. The molecule has 2 N–H and O–H groups in total. The molecule has 1 aliphatic rings. The number of anilines is 1. The summed E-state index contributed by atoms with van der Waals surface area (Å²) < 4.78 is 0. The summed E-state index contributed by atoms with van der Waals surface area (Å²) in [5.41, 5.74) is 2.15. The predicted molar refractivity (Wildman–Crippen MR) is 66.0 cm³/mol. The Morgan fingerprint density at radius 1 is 1.50 bits per heavy atom. The first-order chi connectivity index (χ1) is 8.70. The maximum absolute atomic E-state index is 11.8. The summed E-state index contributed by atoms with van der Waals surface area (Å²) in [4.78, 5) is 23.0. The molecule has 1 aromatic carbocycles. The van der Waals surface area contributed by atoms with Gasteiger partial charge in [0.15, 0.2) is 0 Å². The van der Waals surface area contributed by atoms with Crippen LogP contribution < -0.4 is 10.6 Å². The molecule has 92 valence electrons. The number of hydrogen-bond donors (Lipinski definition) is 2. The lowest BCUT2D eigenvalue weighted by molar-refractivity contribution is -0.115. The largest absolute Gasteiger partial charge is 0.352 e. The van der Waals surface area contributed by atoms with Gasteiger partial charge in [-0.25, -0.2) is 0 Å². The Morgan fingerprint density at radius 3 is 3.11 bits per heavy atom. The summed E-state index contributed by atoms with van der Waals surface area (Å²) >= 11 is 0. The van der Waals surface area contributed by atoms with Crippen molar-refractivity contribution in [3.05, 3.63) is 29.3 Å². The topological polar surface area (TPSA) is 82.0 Å². The minimum Gasteiger partial charge on any atom is -0.352 e. The van der Waals surface area contributed by atoms with E-state index in [-0.39, 0.29) is 11.8 Å². The molecular formula is C13H13N3O2. The maximum Gasteiger partial charge on any atom is 0.251 e. The lowest BCUT2D eigenvalue weighted by atomic mass is 10.1. The number of nitrogens with one attached hydrogen (secondary N) is 2. The molecular weight excluding hydrogens is 230 g/mol. The van der Waals surface area contributed by atoms with Crippen LogP contribution in [0.2, 0.25) is 0 Å². The van der Waals surface area contributed by atoms with Crippen molar-refractivity contribution < 1.29 is 9.59 Å². The molecule has 18 heavy (non-hydrogen) atoms. The number of carbonyl (C=O) groups excluding carboxylic acids is 2. The molecule has 0 unspecified atom stereocenters. The molecule has 0 atom stereocenters. The van der Waals surface area contributed by atoms with E-state index in [4.69, 9.17) is 5.26 Å². The van der Waals surface area contributed by atoms with Crippen molar-refractivity contribution in [3.63, 3.8) is 0 Å². The van der Waals surface area contributed by atoms with E-state index in [0.717, 1.165) is 5.56 Å². The Labute approximate surface area is 105 Å². The molecule has 0 fully saturated rings. The summed E-state index contributed by atoms with van der Waals surface area (Å²) in [6.07, 6.45) is 1.45. The molecule has 0 radical (unpaired) electrons. The second-order valence-corrected chi connectivity index (χ2v) is 4.11. The highest BCUT2D eigenvalue weighted by Crippen LogP contribution is 2.23. The Hall–Kier alpha value is -2.35. The van der Waals surface area contributed by atoms with E-state index >= 15 is 0 Å². The standard InChI is InChI=1S/C13H13N3O2/c14-5-1-2-6-15-13(18)10-4-3-9-8-12(17)16-11(9)7-10/h3-4,7H,1-2,6,8H2,(H,15,18)(H,16,17). The first-order valence-electron chi connectivity index (χ1n) is 5.78. The van der Waals surface area contributed by atoms with Crippen LogP contribution in [0, 0.1) is 11.3 Å². The first kappa shape index (κ1) is 12.1. The Morgan fingerprint density at radius 2 is 2.33 bits per heavy atom. The van der Waals surface area contributed by atoms with E-state index < -0.39 is 0 Å². The summed E-state index contributed by atoms with van der Waals surface area (Å²) in [5, 5.41) is 13.8. The van der Waals surface area contributed by atoms with Crippen molar-refractivity contribution in [1.29, 1.82) is 5.26 Å². The third-order valence-corrected chi connectivity index (χ3v) is 2.75. The summed E-state index contributed by atoms with van der Waals surface area (Å²) in [5.74, 6) is -0.228. The highest BCUT2D eigenvalue weighted by molar-refractivity contribution is 6.02. The average molecular weight is 243 g/mol. The second kappa shape index (κ2) is 5.32. The maximum atomic E-state index is 11.8. The van der Waals surface area contributed by atoms with Gasteiger partial charge in [-0.05, 0) is 24.1 Å². The number of fused-ring (bicyclic) bond motifs is 1. The molecule has 0 saturated carbocycles. The molecule has 1 heterocycles. The third kappa shape index (κ3) is 2.66. The van der Waals surface area contributed by atoms with Gasteiger partial charge in [-0.15, -0.1) is 0 Å². The number of unbranched alkanes of at least 4 members (excludes halogenated alkanes) is 1. The van der Waals surface area contributed by atoms with Crippen LogP contribution >= 0.6 is 0 Å². The van der Waals surface area contributed by atoms with Gasteiger partial charge in [0.2, 0.25) is 5.91 Å². The third-order valence-electron chi connectivity index (χ3n) is 2.75. The zero-order valence-corrected chi connectivity index (χ0v) is 9.82. The van der Waals surface area contributed by atoms with Crippen LogP contribution in [-0.4, -0.2) is 18.4 Å². The predicted octanol–water partition coefficient (Wildman–Crippen LogP) is 1.21. The zero-order chi connectivity index (χ0) is 13.0. The van der Waals surface area contributed by atoms with Crippen LogP contribution in [0.3, 0.4) is 0 Å². The molecule has 5 heteroatoms. The highest BCUT2D eigenvalue weighted by atomic mass is 16.2. The molecule has 0 spiro atoms. The minimum atomic E-state index is -0.183. The van der Waals surface area contributed by atoms with Gasteiger partial charge in [-0.1, -0.05) is 6.07 Å². The van der Waals surface area contributed by atoms with Gasteiger partial charge >= 0.3 is 0 Å². The van der Waals surface area contributed by atoms with Crippen LogP contribution in [-0.2, 0) is 11.2 Å². The van der Waals surface area contributed by atoms with E-state index in [9.17, 15) is 9.59 Å². The number of carbonyl (C=O) groups is 2. The monoisotopic (exact) mass is 243 g/mol. The van der Waals surface area contributed by atoms with Crippen LogP contribution in [0.15, 0.2) is 18.2 Å². The van der Waals surface area contributed by atoms with E-state index in [2.05, 4.69) is 10.6 Å². The SMILES string of the molecule is N#CCCCNC(=O)c1ccc2c(c1)NC(=O)C2. The normalized spacial score (nSPS) is 12.5. The minimum absolute atomic E-state index is 0.0448. The molecule has 5 nitrogen and oxygen atoms in total. The van der Waals surface area contributed by atoms with Crippen molar-refractivity contribution in [1.82, 2.24) is 5.32 Å². The summed E-state index contributed by atoms with van der Waals surface area (Å²) in [6.45, 7) is 0.482. The van der Waals surface area contributed by atoms with Gasteiger partial charge in [-0.2, -0.15) is 5.26 Å². The Balaban J connectivity index is 1.98. The van der Waals surface area contributed by atoms with Crippen LogP contribution in [0.5, 0.6) is 0 Å². The Bertz CT molecular complexity index is 532.